The van der Waals surface area contributed by atoms with Gasteiger partial charge in [-0.3, -0.25) is 4.79 Å². The van der Waals surface area contributed by atoms with Gasteiger partial charge in [-0.05, 0) is 26.8 Å². The van der Waals surface area contributed by atoms with Crippen molar-refractivity contribution >= 4 is 5.91 Å². The van der Waals surface area contributed by atoms with Crippen molar-refractivity contribution in [3.63, 3.8) is 0 Å². The van der Waals surface area contributed by atoms with E-state index >= 15 is 0 Å². The number of nitrogens with one attached hydrogen (secondary N) is 1. The number of nitrogens with zero attached hydrogens (tertiary/aromatic N) is 1. The topological polar surface area (TPSA) is 107 Å². The quantitative estimate of drug-likeness (QED) is 0.456. The summed E-state index contributed by atoms with van der Waals surface area (Å²) in [5.74, 6) is -0.183. The summed E-state index contributed by atoms with van der Waals surface area (Å²) in [5, 5.41) is 11.7. The lowest BCUT2D eigenvalue weighted by atomic mass is 10.1. The molecule has 0 aliphatic rings. The van der Waals surface area contributed by atoms with Gasteiger partial charge in [-0.15, -0.1) is 10.1 Å². The molecule has 0 fully saturated rings. The van der Waals surface area contributed by atoms with Crippen LogP contribution < -0.4 is 11.1 Å². The van der Waals surface area contributed by atoms with E-state index in [2.05, 4.69) is 10.2 Å². The van der Waals surface area contributed by atoms with Crippen LogP contribution in [0, 0.1) is 10.1 Å². The molecular weight excluding hydrogens is 202 g/mol. The molecule has 0 saturated heterocycles. The predicted octanol–water partition coefficient (Wildman–Crippen LogP) is -0.172. The van der Waals surface area contributed by atoms with Gasteiger partial charge in [-0.1, -0.05) is 0 Å². The number of carbonyl (C=O) groups excluding carboxylic acids is 1. The Bertz CT molecular complexity index is 230. The van der Waals surface area contributed by atoms with Crippen molar-refractivity contribution in [1.29, 1.82) is 0 Å². The maximum Gasteiger partial charge on any atom is 0.294 e. The fourth-order valence-corrected chi connectivity index (χ4v) is 0.953. The Balaban J connectivity index is 3.90. The lowest BCUT2D eigenvalue weighted by molar-refractivity contribution is -0.759. The van der Waals surface area contributed by atoms with E-state index in [1.807, 2.05) is 0 Å². The fourth-order valence-electron chi connectivity index (χ4n) is 0.953. The van der Waals surface area contributed by atoms with Gasteiger partial charge in [0.25, 0.3) is 5.09 Å². The molecule has 0 aromatic carbocycles. The Morgan fingerprint density at radius 1 is 1.60 bits per heavy atom. The molecular formula is C8H17N3O4. The van der Waals surface area contributed by atoms with Crippen LogP contribution in [0.4, 0.5) is 0 Å². The minimum Gasteiger partial charge on any atom is -0.349 e. The minimum atomic E-state index is -0.881. The number of carbonyl (C=O) groups is 1. The second-order valence-electron chi connectivity index (χ2n) is 3.82. The van der Waals surface area contributed by atoms with Gasteiger partial charge in [-0.25, -0.2) is 0 Å². The second-order valence-corrected chi connectivity index (χ2v) is 3.82. The van der Waals surface area contributed by atoms with Crippen molar-refractivity contribution in [2.45, 2.75) is 32.2 Å². The van der Waals surface area contributed by atoms with Gasteiger partial charge < -0.3 is 15.9 Å². The smallest absolute Gasteiger partial charge is 0.294 e. The van der Waals surface area contributed by atoms with E-state index in [-0.39, 0.29) is 12.5 Å². The van der Waals surface area contributed by atoms with Crippen molar-refractivity contribution in [2.24, 2.45) is 5.73 Å². The van der Waals surface area contributed by atoms with Gasteiger partial charge in [0.15, 0.2) is 0 Å². The molecule has 88 valence electrons. The number of amides is 1. The van der Waals surface area contributed by atoms with Crippen LogP contribution in [0.15, 0.2) is 0 Å². The summed E-state index contributed by atoms with van der Waals surface area (Å²) in [5.41, 5.74) is 4.49. The van der Waals surface area contributed by atoms with Crippen molar-refractivity contribution in [2.75, 3.05) is 13.2 Å². The monoisotopic (exact) mass is 219 g/mol. The van der Waals surface area contributed by atoms with Crippen molar-refractivity contribution in [3.05, 3.63) is 10.1 Å². The molecule has 0 heterocycles. The fraction of sp³-hybridized carbons (Fsp3) is 0.875. The van der Waals surface area contributed by atoms with Crippen LogP contribution in [0.1, 0.15) is 26.7 Å². The minimum absolute atomic E-state index is 0.172. The van der Waals surface area contributed by atoms with Gasteiger partial charge in [0.2, 0.25) is 5.91 Å². The third-order valence-corrected chi connectivity index (χ3v) is 1.62. The summed E-state index contributed by atoms with van der Waals surface area (Å²) in [6.45, 7) is 3.57. The largest absolute Gasteiger partial charge is 0.349 e. The molecule has 0 rings (SSSR count). The molecule has 0 bridgehead atoms. The summed E-state index contributed by atoms with van der Waals surface area (Å²) in [7, 11) is 0. The van der Waals surface area contributed by atoms with E-state index in [9.17, 15) is 14.9 Å². The number of hydrogen-bond donors (Lipinski definition) is 2. The molecule has 0 aromatic heterocycles. The highest BCUT2D eigenvalue weighted by Gasteiger charge is 2.21. The van der Waals surface area contributed by atoms with E-state index in [4.69, 9.17) is 5.73 Å². The standard InChI is InChI=1S/C8H17N3O4/c1-8(2,6-15-11(13)14)10-7(12)4-3-5-9/h3-6,9H2,1-2H3,(H,10,12). The van der Waals surface area contributed by atoms with E-state index < -0.39 is 10.6 Å². The van der Waals surface area contributed by atoms with Crippen molar-refractivity contribution < 1.29 is 14.7 Å². The lowest BCUT2D eigenvalue weighted by Gasteiger charge is -2.24. The van der Waals surface area contributed by atoms with Gasteiger partial charge in [0, 0.05) is 6.42 Å². The SMILES string of the molecule is CC(C)(CO[N+](=O)[O-])NC(=O)CCCN. The van der Waals surface area contributed by atoms with Crippen molar-refractivity contribution in [3.8, 4) is 0 Å². The highest BCUT2D eigenvalue weighted by Crippen LogP contribution is 2.03. The molecule has 0 aromatic rings. The Kier molecular flexibility index (Phi) is 5.61. The molecule has 7 heteroatoms. The van der Waals surface area contributed by atoms with Crippen LogP contribution in [0.2, 0.25) is 0 Å². The van der Waals surface area contributed by atoms with Gasteiger partial charge in [-0.2, -0.15) is 0 Å². The van der Waals surface area contributed by atoms with E-state index in [0.29, 0.717) is 19.4 Å². The molecule has 0 spiro atoms. The summed E-state index contributed by atoms with van der Waals surface area (Å²) >= 11 is 0. The Hall–Kier alpha value is -1.37. The first-order valence-electron chi connectivity index (χ1n) is 4.66. The van der Waals surface area contributed by atoms with Crippen LogP contribution in [-0.2, 0) is 9.63 Å². The highest BCUT2D eigenvalue weighted by molar-refractivity contribution is 5.76. The summed E-state index contributed by atoms with van der Waals surface area (Å²) in [6.07, 6.45) is 0.913. The molecule has 3 N–H and O–H groups in total. The molecule has 0 unspecified atom stereocenters. The Labute approximate surface area is 88.1 Å². The van der Waals surface area contributed by atoms with Crippen LogP contribution >= 0.6 is 0 Å². The van der Waals surface area contributed by atoms with Crippen LogP contribution in [-0.4, -0.2) is 29.7 Å². The maximum atomic E-state index is 11.3. The highest BCUT2D eigenvalue weighted by atomic mass is 16.9. The average Bonchev–Trinajstić information content (AvgIpc) is 2.11. The van der Waals surface area contributed by atoms with Crippen LogP contribution in [0.25, 0.3) is 0 Å². The first-order chi connectivity index (χ1) is 6.87. The lowest BCUT2D eigenvalue weighted by Crippen LogP contribution is -2.47. The van der Waals surface area contributed by atoms with E-state index in [0.717, 1.165) is 0 Å². The summed E-state index contributed by atoms with van der Waals surface area (Å²) in [6, 6.07) is 0. The maximum absolute atomic E-state index is 11.3. The van der Waals surface area contributed by atoms with E-state index in [1.54, 1.807) is 13.8 Å². The number of nitrogens with two attached hydrogens (primary N) is 1. The van der Waals surface area contributed by atoms with Crippen LogP contribution in [0.5, 0.6) is 0 Å². The summed E-state index contributed by atoms with van der Waals surface area (Å²) < 4.78 is 0. The molecule has 15 heavy (non-hydrogen) atoms. The zero-order valence-electron chi connectivity index (χ0n) is 8.99. The van der Waals surface area contributed by atoms with Gasteiger partial charge in [0.1, 0.15) is 6.61 Å². The zero-order chi connectivity index (χ0) is 11.9. The first kappa shape index (κ1) is 13.6. The molecule has 0 atom stereocenters. The third-order valence-electron chi connectivity index (χ3n) is 1.62. The summed E-state index contributed by atoms with van der Waals surface area (Å²) in [4.78, 5) is 25.4. The Morgan fingerprint density at radius 2 is 2.20 bits per heavy atom. The zero-order valence-corrected chi connectivity index (χ0v) is 8.99. The van der Waals surface area contributed by atoms with Gasteiger partial charge >= 0.3 is 0 Å². The normalized spacial score (nSPS) is 10.9. The molecule has 0 radical (unpaired) electrons. The molecule has 7 nitrogen and oxygen atoms in total. The Morgan fingerprint density at radius 3 is 2.67 bits per heavy atom. The molecule has 1 amide bonds. The predicted molar refractivity (Wildman–Crippen MR) is 53.5 cm³/mol. The first-order valence-corrected chi connectivity index (χ1v) is 4.66. The number of hydrogen-bond acceptors (Lipinski definition) is 5. The van der Waals surface area contributed by atoms with Gasteiger partial charge in [0.05, 0.1) is 5.54 Å². The van der Waals surface area contributed by atoms with E-state index in [1.165, 1.54) is 0 Å². The molecule has 0 aliphatic carbocycles. The molecule has 0 saturated carbocycles. The average molecular weight is 219 g/mol. The second kappa shape index (κ2) is 6.18. The third kappa shape index (κ3) is 7.68. The molecule has 0 aliphatic heterocycles. The van der Waals surface area contributed by atoms with Crippen molar-refractivity contribution in [1.82, 2.24) is 5.32 Å². The number of rotatable bonds is 7. The van der Waals surface area contributed by atoms with Crippen LogP contribution in [0.3, 0.4) is 0 Å².